The van der Waals surface area contributed by atoms with Crippen LogP contribution in [-0.4, -0.2) is 41.1 Å². The summed E-state index contributed by atoms with van der Waals surface area (Å²) in [5.41, 5.74) is 2.58. The smallest absolute Gasteiger partial charge is 0.387 e. The summed E-state index contributed by atoms with van der Waals surface area (Å²) < 4.78 is 41.4. The van der Waals surface area contributed by atoms with E-state index < -0.39 is 19.2 Å². The quantitative estimate of drug-likeness (QED) is 0.356. The number of ketones is 1. The fourth-order valence-electron chi connectivity index (χ4n) is 3.30. The first-order valence-electron chi connectivity index (χ1n) is 9.84. The van der Waals surface area contributed by atoms with Crippen molar-refractivity contribution in [2.75, 3.05) is 13.2 Å². The highest BCUT2D eigenvalue weighted by atomic mass is 19.3. The van der Waals surface area contributed by atoms with Gasteiger partial charge in [0.1, 0.15) is 11.3 Å². The molecule has 7 nitrogen and oxygen atoms in total. The van der Waals surface area contributed by atoms with Gasteiger partial charge in [-0.1, -0.05) is 0 Å². The number of alkyl halides is 2. The van der Waals surface area contributed by atoms with Gasteiger partial charge >= 0.3 is 12.6 Å². The van der Waals surface area contributed by atoms with E-state index in [1.54, 1.807) is 42.7 Å². The molecule has 0 aliphatic rings. The number of carbonyl (C=O) groups is 2. The summed E-state index contributed by atoms with van der Waals surface area (Å²) in [5, 5.41) is 0. The number of pyridine rings is 1. The normalized spacial score (nSPS) is 10.8. The lowest BCUT2D eigenvalue weighted by Crippen LogP contribution is -2.16. The van der Waals surface area contributed by atoms with Crippen molar-refractivity contribution in [1.29, 1.82) is 0 Å². The molecule has 0 aliphatic carbocycles. The third-order valence-electron chi connectivity index (χ3n) is 4.66. The van der Waals surface area contributed by atoms with Crippen LogP contribution in [0.4, 0.5) is 8.78 Å². The minimum absolute atomic E-state index is 0.0382. The molecule has 0 N–H and O–H groups in total. The Morgan fingerprint density at radius 2 is 1.81 bits per heavy atom. The maximum absolute atomic E-state index is 12.7. The van der Waals surface area contributed by atoms with E-state index in [0.717, 1.165) is 5.69 Å². The lowest BCUT2D eigenvalue weighted by atomic mass is 10.1. The van der Waals surface area contributed by atoms with Crippen LogP contribution in [0.25, 0.3) is 5.69 Å². The van der Waals surface area contributed by atoms with Gasteiger partial charge in [0, 0.05) is 28.8 Å². The summed E-state index contributed by atoms with van der Waals surface area (Å²) in [6.45, 7) is 2.30. The third-order valence-corrected chi connectivity index (χ3v) is 4.66. The number of carbonyl (C=O) groups excluding carboxylic acids is 2. The average Bonchev–Trinajstić information content (AvgIpc) is 3.06. The molecule has 0 amide bonds. The van der Waals surface area contributed by atoms with Crippen molar-refractivity contribution in [3.63, 3.8) is 0 Å². The van der Waals surface area contributed by atoms with Gasteiger partial charge in [0.2, 0.25) is 11.7 Å². The zero-order valence-electron chi connectivity index (χ0n) is 17.8. The lowest BCUT2D eigenvalue weighted by Gasteiger charge is -2.11. The molecule has 0 atom stereocenters. The number of rotatable bonds is 9. The van der Waals surface area contributed by atoms with Gasteiger partial charge in [0.05, 0.1) is 6.61 Å². The summed E-state index contributed by atoms with van der Waals surface area (Å²) in [7, 11) is 0. The van der Waals surface area contributed by atoms with Gasteiger partial charge in [-0.2, -0.15) is 8.78 Å². The molecule has 168 valence electrons. The second kappa shape index (κ2) is 10.0. The van der Waals surface area contributed by atoms with Crippen LogP contribution < -0.4 is 9.47 Å². The Balaban J connectivity index is 1.74. The van der Waals surface area contributed by atoms with E-state index in [2.05, 4.69) is 9.72 Å². The van der Waals surface area contributed by atoms with Crippen LogP contribution in [0, 0.1) is 13.8 Å². The molecule has 0 unspecified atom stereocenters. The zero-order valence-corrected chi connectivity index (χ0v) is 17.8. The average molecular weight is 444 g/mol. The van der Waals surface area contributed by atoms with Crippen molar-refractivity contribution in [2.45, 2.75) is 27.4 Å². The molecule has 2 heterocycles. The molecule has 0 aliphatic heterocycles. The van der Waals surface area contributed by atoms with E-state index in [1.165, 1.54) is 24.4 Å². The topological polar surface area (TPSA) is 79.7 Å². The summed E-state index contributed by atoms with van der Waals surface area (Å²) >= 11 is 0. The summed E-state index contributed by atoms with van der Waals surface area (Å²) in [5.74, 6) is -0.906. The highest BCUT2D eigenvalue weighted by Crippen LogP contribution is 2.24. The largest absolute Gasteiger partial charge is 0.477 e. The number of halogens is 2. The van der Waals surface area contributed by atoms with Crippen molar-refractivity contribution in [3.8, 4) is 17.3 Å². The van der Waals surface area contributed by atoms with E-state index in [0.29, 0.717) is 23.6 Å². The summed E-state index contributed by atoms with van der Waals surface area (Å²) in [6.07, 6.45) is 1.49. The summed E-state index contributed by atoms with van der Waals surface area (Å²) in [4.78, 5) is 29.1. The van der Waals surface area contributed by atoms with Crippen molar-refractivity contribution < 1.29 is 32.6 Å². The fraction of sp³-hybridized carbons (Fsp3) is 0.261. The SMILES string of the molecule is CCOc1ncccc1C(=O)OCC(=O)c1cc(C)n(-c2ccc(OC(F)F)cc2)c1C. The molecule has 0 saturated carbocycles. The number of ether oxygens (including phenoxy) is 3. The minimum atomic E-state index is -2.90. The highest BCUT2D eigenvalue weighted by molar-refractivity contribution is 6.01. The van der Waals surface area contributed by atoms with Gasteiger partial charge in [-0.3, -0.25) is 4.79 Å². The van der Waals surface area contributed by atoms with Crippen molar-refractivity contribution in [1.82, 2.24) is 9.55 Å². The number of esters is 1. The molecular weight excluding hydrogens is 422 g/mol. The molecule has 2 aromatic heterocycles. The number of hydrogen-bond acceptors (Lipinski definition) is 6. The molecule has 0 radical (unpaired) electrons. The number of benzene rings is 1. The van der Waals surface area contributed by atoms with Gasteiger partial charge in [-0.25, -0.2) is 9.78 Å². The first-order chi connectivity index (χ1) is 15.3. The fourth-order valence-corrected chi connectivity index (χ4v) is 3.30. The zero-order chi connectivity index (χ0) is 23.3. The number of nitrogens with zero attached hydrogens (tertiary/aromatic N) is 2. The Labute approximate surface area is 183 Å². The molecular formula is C23H22F2N2O5. The Bertz CT molecular complexity index is 1110. The molecule has 1 aromatic carbocycles. The number of aryl methyl sites for hydroxylation is 1. The Hall–Kier alpha value is -3.75. The van der Waals surface area contributed by atoms with Crippen LogP contribution in [0.1, 0.15) is 39.0 Å². The first kappa shape index (κ1) is 22.9. The lowest BCUT2D eigenvalue weighted by molar-refractivity contribution is -0.0498. The van der Waals surface area contributed by atoms with Crippen LogP contribution in [0.3, 0.4) is 0 Å². The highest BCUT2D eigenvalue weighted by Gasteiger charge is 2.20. The van der Waals surface area contributed by atoms with E-state index in [-0.39, 0.29) is 23.0 Å². The Morgan fingerprint density at radius 3 is 2.47 bits per heavy atom. The van der Waals surface area contributed by atoms with Gasteiger partial charge in [0.25, 0.3) is 0 Å². The van der Waals surface area contributed by atoms with E-state index in [1.807, 2.05) is 6.92 Å². The van der Waals surface area contributed by atoms with E-state index in [4.69, 9.17) is 9.47 Å². The Kier molecular flexibility index (Phi) is 7.19. The van der Waals surface area contributed by atoms with Gasteiger partial charge in [0.15, 0.2) is 6.61 Å². The molecule has 0 bridgehead atoms. The third kappa shape index (κ3) is 5.11. The Morgan fingerprint density at radius 1 is 1.09 bits per heavy atom. The molecule has 0 saturated heterocycles. The molecule has 9 heteroatoms. The molecule has 3 rings (SSSR count). The van der Waals surface area contributed by atoms with Gasteiger partial charge in [-0.15, -0.1) is 0 Å². The maximum atomic E-state index is 12.7. The van der Waals surface area contributed by atoms with Gasteiger partial charge in [-0.05, 0) is 63.2 Å². The number of hydrogen-bond donors (Lipinski definition) is 0. The predicted molar refractivity (Wildman–Crippen MR) is 112 cm³/mol. The minimum Gasteiger partial charge on any atom is -0.477 e. The van der Waals surface area contributed by atoms with Crippen LogP contribution in [0.2, 0.25) is 0 Å². The van der Waals surface area contributed by atoms with Crippen molar-refractivity contribution >= 4 is 11.8 Å². The first-order valence-corrected chi connectivity index (χ1v) is 9.84. The van der Waals surface area contributed by atoms with E-state index in [9.17, 15) is 18.4 Å². The van der Waals surface area contributed by atoms with Crippen LogP contribution in [0.5, 0.6) is 11.6 Å². The summed E-state index contributed by atoms with van der Waals surface area (Å²) in [6, 6.07) is 10.9. The van der Waals surface area contributed by atoms with Crippen LogP contribution >= 0.6 is 0 Å². The second-order valence-corrected chi connectivity index (χ2v) is 6.78. The number of aromatic nitrogens is 2. The van der Waals surface area contributed by atoms with Crippen molar-refractivity contribution in [2.24, 2.45) is 0 Å². The van der Waals surface area contributed by atoms with Crippen molar-refractivity contribution in [3.05, 3.63) is 71.2 Å². The van der Waals surface area contributed by atoms with Crippen LogP contribution in [0.15, 0.2) is 48.7 Å². The standard InChI is InChI=1S/C23H22F2N2O5/c1-4-30-21-18(6-5-11-26-21)22(29)31-13-20(28)19-12-14(2)27(15(19)3)16-7-9-17(10-8-16)32-23(24)25/h5-12,23H,4,13H2,1-3H3. The monoisotopic (exact) mass is 444 g/mol. The number of Topliss-reactive ketones (excluding diaryl/α,β-unsaturated/α-hetero) is 1. The molecule has 32 heavy (non-hydrogen) atoms. The molecule has 3 aromatic rings. The molecule has 0 fully saturated rings. The second-order valence-electron chi connectivity index (χ2n) is 6.78. The predicted octanol–water partition coefficient (Wildman–Crippen LogP) is 4.53. The van der Waals surface area contributed by atoms with Crippen LogP contribution in [-0.2, 0) is 4.74 Å². The van der Waals surface area contributed by atoms with Gasteiger partial charge < -0.3 is 18.8 Å². The maximum Gasteiger partial charge on any atom is 0.387 e. The van der Waals surface area contributed by atoms with E-state index >= 15 is 0 Å². The molecule has 0 spiro atoms.